The molecule has 174 valence electrons. The van der Waals surface area contributed by atoms with Crippen LogP contribution in [0, 0.1) is 25.7 Å². The van der Waals surface area contributed by atoms with Crippen LogP contribution < -0.4 is 10.9 Å². The maximum atomic E-state index is 13.6. The molecule has 34 heavy (non-hydrogen) atoms. The van der Waals surface area contributed by atoms with Crippen LogP contribution in [0.4, 0.5) is 0 Å². The second-order valence-electron chi connectivity index (χ2n) is 9.55. The van der Waals surface area contributed by atoms with Gasteiger partial charge in [0.1, 0.15) is 0 Å². The number of aryl methyl sites for hydroxylation is 1. The van der Waals surface area contributed by atoms with Gasteiger partial charge < -0.3 is 5.32 Å². The van der Waals surface area contributed by atoms with Gasteiger partial charge in [0, 0.05) is 6.04 Å². The van der Waals surface area contributed by atoms with E-state index in [2.05, 4.69) is 15.5 Å². The van der Waals surface area contributed by atoms with Gasteiger partial charge in [-0.3, -0.25) is 14.0 Å². The van der Waals surface area contributed by atoms with E-state index in [1.54, 1.807) is 4.57 Å². The van der Waals surface area contributed by atoms with Crippen LogP contribution in [0.25, 0.3) is 22.4 Å². The minimum atomic E-state index is -0.129. The van der Waals surface area contributed by atoms with Crippen LogP contribution >= 0.6 is 11.8 Å². The number of aromatic nitrogens is 4. The molecular formula is C26H27N5O2S. The molecule has 0 radical (unpaired) electrons. The number of nitrogens with one attached hydrogen (secondary N) is 1. The Bertz CT molecular complexity index is 1470. The number of amides is 1. The lowest BCUT2D eigenvalue weighted by atomic mass is 10.1. The number of benzene rings is 2. The lowest BCUT2D eigenvalue weighted by Crippen LogP contribution is -2.39. The molecule has 2 aliphatic carbocycles. The van der Waals surface area contributed by atoms with E-state index in [-0.39, 0.29) is 17.2 Å². The molecule has 2 saturated carbocycles. The van der Waals surface area contributed by atoms with E-state index in [9.17, 15) is 9.59 Å². The summed E-state index contributed by atoms with van der Waals surface area (Å²) in [6.07, 6.45) is 4.91. The third kappa shape index (κ3) is 3.70. The topological polar surface area (TPSA) is 81.3 Å². The van der Waals surface area contributed by atoms with Crippen molar-refractivity contribution in [1.29, 1.82) is 0 Å². The Kier molecular flexibility index (Phi) is 5.21. The van der Waals surface area contributed by atoms with Crippen molar-refractivity contribution in [3.05, 3.63) is 63.9 Å². The van der Waals surface area contributed by atoms with E-state index in [0.717, 1.165) is 22.3 Å². The highest BCUT2D eigenvalue weighted by molar-refractivity contribution is 7.99. The van der Waals surface area contributed by atoms with Gasteiger partial charge in [0.25, 0.3) is 5.56 Å². The van der Waals surface area contributed by atoms with Crippen LogP contribution in [0.2, 0.25) is 0 Å². The number of para-hydroxylation sites is 1. The maximum absolute atomic E-state index is 13.6. The van der Waals surface area contributed by atoms with Crippen LogP contribution in [-0.4, -0.2) is 36.9 Å². The molecule has 8 heteroatoms. The molecule has 2 aromatic carbocycles. The molecule has 2 aromatic heterocycles. The van der Waals surface area contributed by atoms with Gasteiger partial charge in [-0.15, -0.1) is 10.2 Å². The highest BCUT2D eigenvalue weighted by Gasteiger charge is 2.42. The Hall–Kier alpha value is -3.13. The van der Waals surface area contributed by atoms with Crippen LogP contribution in [0.15, 0.2) is 52.4 Å². The largest absolute Gasteiger partial charge is 0.352 e. The number of carbonyl (C=O) groups excluding carboxylic acids is 1. The third-order valence-corrected chi connectivity index (χ3v) is 8.06. The lowest BCUT2D eigenvalue weighted by molar-refractivity contribution is -0.119. The molecule has 0 atom stereocenters. The molecule has 1 N–H and O–H groups in total. The summed E-state index contributed by atoms with van der Waals surface area (Å²) in [5.74, 6) is 2.08. The zero-order valence-corrected chi connectivity index (χ0v) is 20.1. The first-order chi connectivity index (χ1) is 16.5. The molecule has 2 heterocycles. The first-order valence-corrected chi connectivity index (χ1v) is 12.9. The highest BCUT2D eigenvalue weighted by Crippen LogP contribution is 2.44. The molecule has 0 spiro atoms. The summed E-state index contributed by atoms with van der Waals surface area (Å²) in [7, 11) is 0. The minimum absolute atomic E-state index is 0.0395. The molecule has 1 amide bonds. The molecule has 7 nitrogen and oxygen atoms in total. The normalized spacial score (nSPS) is 16.0. The molecule has 6 rings (SSSR count). The van der Waals surface area contributed by atoms with E-state index in [1.165, 1.54) is 37.4 Å². The monoisotopic (exact) mass is 473 g/mol. The van der Waals surface area contributed by atoms with E-state index in [0.29, 0.717) is 34.2 Å². The van der Waals surface area contributed by atoms with Crippen molar-refractivity contribution in [2.75, 3.05) is 5.75 Å². The summed E-state index contributed by atoms with van der Waals surface area (Å²) < 4.78 is 3.54. The summed E-state index contributed by atoms with van der Waals surface area (Å²) in [6.45, 7) is 4.04. The molecule has 0 aliphatic heterocycles. The number of carbonyl (C=O) groups is 1. The Balaban J connectivity index is 1.39. The second kappa shape index (κ2) is 8.27. The summed E-state index contributed by atoms with van der Waals surface area (Å²) in [5, 5.41) is 13.3. The number of rotatable bonds is 7. The Morgan fingerprint density at radius 1 is 1.06 bits per heavy atom. The van der Waals surface area contributed by atoms with Crippen molar-refractivity contribution in [1.82, 2.24) is 24.5 Å². The number of hydrogen-bond donors (Lipinski definition) is 1. The van der Waals surface area contributed by atoms with Gasteiger partial charge in [0.15, 0.2) is 5.16 Å². The molecule has 2 aliphatic rings. The standard InChI is InChI=1S/C26H27N5O2S/c1-15-6-5-9-20(16(15)2)30-24(33)19-7-3-4-8-21(19)31-25(30)28-29-26(31)34-14-22(32)27-23(17-10-11-17)18-12-13-18/h3-9,17-18,23H,10-14H2,1-2H3,(H,27,32). The van der Waals surface area contributed by atoms with Crippen LogP contribution in [0.1, 0.15) is 36.8 Å². The van der Waals surface area contributed by atoms with Crippen molar-refractivity contribution >= 4 is 34.3 Å². The molecule has 0 saturated heterocycles. The highest BCUT2D eigenvalue weighted by atomic mass is 32.2. The third-order valence-electron chi connectivity index (χ3n) is 7.13. The molecule has 4 aromatic rings. The Morgan fingerprint density at radius 2 is 1.79 bits per heavy atom. The van der Waals surface area contributed by atoms with Gasteiger partial charge in [-0.05, 0) is 80.7 Å². The first-order valence-electron chi connectivity index (χ1n) is 11.9. The molecule has 0 unspecified atom stereocenters. The summed E-state index contributed by atoms with van der Waals surface area (Å²) >= 11 is 1.36. The van der Waals surface area contributed by atoms with Gasteiger partial charge in [0.2, 0.25) is 11.7 Å². The SMILES string of the molecule is Cc1cccc(-n2c(=O)c3ccccc3n3c(SCC(=O)NC(C4CC4)C4CC4)nnc23)c1C. The second-order valence-corrected chi connectivity index (χ2v) is 10.5. The van der Waals surface area contributed by atoms with Crippen LogP contribution in [0.5, 0.6) is 0 Å². The summed E-state index contributed by atoms with van der Waals surface area (Å²) in [5.41, 5.74) is 3.52. The number of thioether (sulfide) groups is 1. The Labute approximate surface area is 201 Å². The van der Waals surface area contributed by atoms with E-state index >= 15 is 0 Å². The van der Waals surface area contributed by atoms with Crippen molar-refractivity contribution in [2.24, 2.45) is 11.8 Å². The predicted molar refractivity (Wildman–Crippen MR) is 134 cm³/mol. The molecule has 0 bridgehead atoms. The first kappa shape index (κ1) is 21.4. The number of nitrogens with zero attached hydrogens (tertiary/aromatic N) is 4. The van der Waals surface area contributed by atoms with Gasteiger partial charge >= 0.3 is 0 Å². The minimum Gasteiger partial charge on any atom is -0.352 e. The smallest absolute Gasteiger partial charge is 0.267 e. The summed E-state index contributed by atoms with van der Waals surface area (Å²) in [6, 6.07) is 13.7. The fourth-order valence-electron chi connectivity index (χ4n) is 4.86. The van der Waals surface area contributed by atoms with Gasteiger partial charge in [-0.2, -0.15) is 0 Å². The van der Waals surface area contributed by atoms with Gasteiger partial charge in [-0.1, -0.05) is 36.0 Å². The quantitative estimate of drug-likeness (QED) is 0.410. The van der Waals surface area contributed by atoms with E-state index in [1.807, 2.05) is 60.7 Å². The van der Waals surface area contributed by atoms with Crippen LogP contribution in [-0.2, 0) is 4.79 Å². The fraction of sp³-hybridized carbons (Fsp3) is 0.385. The average Bonchev–Trinajstić information content (AvgIpc) is 3.77. The van der Waals surface area contributed by atoms with E-state index in [4.69, 9.17) is 0 Å². The van der Waals surface area contributed by atoms with Crippen molar-refractivity contribution in [2.45, 2.75) is 50.7 Å². The van der Waals surface area contributed by atoms with Crippen molar-refractivity contribution in [3.63, 3.8) is 0 Å². The maximum Gasteiger partial charge on any atom is 0.267 e. The van der Waals surface area contributed by atoms with E-state index < -0.39 is 0 Å². The molecular weight excluding hydrogens is 446 g/mol. The average molecular weight is 474 g/mol. The number of hydrogen-bond acceptors (Lipinski definition) is 5. The zero-order valence-electron chi connectivity index (χ0n) is 19.3. The zero-order chi connectivity index (χ0) is 23.4. The fourth-order valence-corrected chi connectivity index (χ4v) is 5.61. The summed E-state index contributed by atoms with van der Waals surface area (Å²) in [4.78, 5) is 26.3. The van der Waals surface area contributed by atoms with Crippen molar-refractivity contribution < 1.29 is 4.79 Å². The van der Waals surface area contributed by atoms with Gasteiger partial charge in [0.05, 0.1) is 22.3 Å². The van der Waals surface area contributed by atoms with Crippen molar-refractivity contribution in [3.8, 4) is 5.69 Å². The molecule has 2 fully saturated rings. The van der Waals surface area contributed by atoms with Crippen LogP contribution in [0.3, 0.4) is 0 Å². The number of fused-ring (bicyclic) bond motifs is 3. The predicted octanol–water partition coefficient (Wildman–Crippen LogP) is 4.05. The lowest BCUT2D eigenvalue weighted by Gasteiger charge is -2.17. The Morgan fingerprint density at radius 3 is 2.53 bits per heavy atom. The van der Waals surface area contributed by atoms with Gasteiger partial charge in [-0.25, -0.2) is 4.57 Å².